The summed E-state index contributed by atoms with van der Waals surface area (Å²) in [7, 11) is 0. The molecule has 0 aliphatic carbocycles. The molecule has 0 aromatic heterocycles. The maximum atomic E-state index is 13.6. The Labute approximate surface area is 260 Å². The van der Waals surface area contributed by atoms with Gasteiger partial charge in [0.25, 0.3) is 0 Å². The van der Waals surface area contributed by atoms with Crippen LogP contribution in [0.4, 0.5) is 23.7 Å². The van der Waals surface area contributed by atoms with Gasteiger partial charge in [0.2, 0.25) is 6.79 Å². The van der Waals surface area contributed by atoms with Crippen molar-refractivity contribution in [2.24, 2.45) is 0 Å². The van der Waals surface area contributed by atoms with E-state index in [1.165, 1.54) is 17.8 Å². The largest absolute Gasteiger partial charge is 0.471 e. The summed E-state index contributed by atoms with van der Waals surface area (Å²) in [6, 6.07) is 18.7. The number of aryl methyl sites for hydroxylation is 1. The summed E-state index contributed by atoms with van der Waals surface area (Å²) in [4.78, 5) is 26.9. The lowest BCUT2D eigenvalue weighted by Crippen LogP contribution is -2.41. The first-order valence-corrected chi connectivity index (χ1v) is 15.6. The van der Waals surface area contributed by atoms with Crippen LogP contribution in [0.5, 0.6) is 11.5 Å². The number of halogens is 3. The topological polar surface area (TPSA) is 77.1 Å². The van der Waals surface area contributed by atoms with E-state index in [0.29, 0.717) is 40.6 Å². The third-order valence-electron chi connectivity index (χ3n) is 7.30. The summed E-state index contributed by atoms with van der Waals surface area (Å²) in [5.41, 5.74) is 2.41. The van der Waals surface area contributed by atoms with Crippen LogP contribution in [0.2, 0.25) is 0 Å². The van der Waals surface area contributed by atoms with Crippen LogP contribution in [0.1, 0.15) is 62.3 Å². The molecular formula is C33H37F3N2O5S. The minimum atomic E-state index is -5.03. The molecule has 0 radical (unpaired) electrons. The number of benzene rings is 3. The maximum Gasteiger partial charge on any atom is 0.471 e. The summed E-state index contributed by atoms with van der Waals surface area (Å²) < 4.78 is 57.5. The van der Waals surface area contributed by atoms with Crippen molar-refractivity contribution >= 4 is 29.4 Å². The number of nitrogens with one attached hydrogen (secondary N) is 1. The zero-order valence-corrected chi connectivity index (χ0v) is 25.8. The van der Waals surface area contributed by atoms with Crippen molar-refractivity contribution in [2.45, 2.75) is 76.2 Å². The molecule has 0 spiro atoms. The van der Waals surface area contributed by atoms with Gasteiger partial charge < -0.3 is 24.4 Å². The first-order valence-electron chi connectivity index (χ1n) is 14.6. The van der Waals surface area contributed by atoms with Gasteiger partial charge >= 0.3 is 18.2 Å². The molecule has 44 heavy (non-hydrogen) atoms. The average Bonchev–Trinajstić information content (AvgIpc) is 3.48. The average molecular weight is 631 g/mol. The van der Waals surface area contributed by atoms with Gasteiger partial charge in [-0.1, -0.05) is 63.1 Å². The van der Waals surface area contributed by atoms with Crippen molar-refractivity contribution in [1.29, 1.82) is 0 Å². The zero-order chi connectivity index (χ0) is 31.7. The van der Waals surface area contributed by atoms with Gasteiger partial charge in [-0.15, -0.1) is 11.8 Å². The molecule has 0 saturated heterocycles. The molecule has 236 valence electrons. The fourth-order valence-corrected chi connectivity index (χ4v) is 5.80. The summed E-state index contributed by atoms with van der Waals surface area (Å²) in [5, 5.41) is 2.94. The van der Waals surface area contributed by atoms with E-state index in [1.54, 1.807) is 49.4 Å². The van der Waals surface area contributed by atoms with E-state index in [4.69, 9.17) is 14.2 Å². The Morgan fingerprint density at radius 2 is 1.80 bits per heavy atom. The third kappa shape index (κ3) is 8.84. The first-order chi connectivity index (χ1) is 21.1. The quantitative estimate of drug-likeness (QED) is 0.191. The van der Waals surface area contributed by atoms with Gasteiger partial charge in [0, 0.05) is 16.3 Å². The number of hydrogen-bond donors (Lipinski definition) is 1. The number of carbonyl (C=O) groups excluding carboxylic acids is 2. The number of fused-ring (bicyclic) bond motifs is 1. The van der Waals surface area contributed by atoms with E-state index in [2.05, 4.69) is 5.32 Å². The summed E-state index contributed by atoms with van der Waals surface area (Å²) in [6.07, 6.45) is -3.01. The van der Waals surface area contributed by atoms with Gasteiger partial charge in [-0.3, -0.25) is 4.79 Å². The minimum absolute atomic E-state index is 0.138. The van der Waals surface area contributed by atoms with Gasteiger partial charge in [0.1, 0.15) is 6.10 Å². The standard InChI is InChI=1S/C33H37F3N2O5S/c1-4-6-13-26(43-32(40)37-28(5-2)23-15-16-29-30(17-23)42-21-41-29)20-44-27-14-9-12-25(18-27)38(31(39)33(34,35)36)19-24-11-8-7-10-22(24)3/h7-12,14-18,26,28H,4-6,13,19-21H2,1-3H3,(H,37,40)/t26-,28-/m0/s1. The molecule has 3 aromatic rings. The fraction of sp³-hybridized carbons (Fsp3) is 0.394. The van der Waals surface area contributed by atoms with Crippen LogP contribution in [-0.2, 0) is 16.1 Å². The normalized spacial score (nSPS) is 13.7. The molecule has 0 bridgehead atoms. The number of thioether (sulfide) groups is 1. The zero-order valence-electron chi connectivity index (χ0n) is 25.0. The second-order valence-corrected chi connectivity index (χ2v) is 11.6. The Hall–Kier alpha value is -3.86. The van der Waals surface area contributed by atoms with Crippen molar-refractivity contribution < 1.29 is 37.0 Å². The second-order valence-electron chi connectivity index (χ2n) is 10.5. The van der Waals surface area contributed by atoms with E-state index < -0.39 is 24.3 Å². The SMILES string of the molecule is CCCC[C@@H](CSc1cccc(N(Cc2ccccc2C)C(=O)C(F)(F)F)c1)OC(=O)N[C@@H](CC)c1ccc2c(c1)OCO2. The van der Waals surface area contributed by atoms with Gasteiger partial charge in [-0.25, -0.2) is 4.79 Å². The lowest BCUT2D eigenvalue weighted by molar-refractivity contribution is -0.170. The highest BCUT2D eigenvalue weighted by atomic mass is 32.2. The summed E-state index contributed by atoms with van der Waals surface area (Å²) in [5.74, 6) is -0.252. The Morgan fingerprint density at radius 3 is 2.52 bits per heavy atom. The molecule has 2 atom stereocenters. The lowest BCUT2D eigenvalue weighted by atomic mass is 10.0. The predicted octanol–water partition coefficient (Wildman–Crippen LogP) is 8.35. The van der Waals surface area contributed by atoms with Crippen molar-refractivity contribution in [3.63, 3.8) is 0 Å². The Bertz CT molecular complexity index is 1430. The number of amides is 2. The fourth-order valence-electron chi connectivity index (χ4n) is 4.81. The molecule has 1 heterocycles. The molecular weight excluding hydrogens is 593 g/mol. The van der Waals surface area contributed by atoms with Gasteiger partial charge in [0.05, 0.1) is 12.6 Å². The number of anilines is 1. The maximum absolute atomic E-state index is 13.6. The number of alkyl halides is 3. The molecule has 1 aliphatic rings. The number of ether oxygens (including phenoxy) is 3. The van der Waals surface area contributed by atoms with Crippen LogP contribution in [0, 0.1) is 6.92 Å². The van der Waals surface area contributed by atoms with Crippen molar-refractivity contribution in [3.8, 4) is 11.5 Å². The molecule has 11 heteroatoms. The van der Waals surface area contributed by atoms with Crippen molar-refractivity contribution in [2.75, 3.05) is 17.4 Å². The summed E-state index contributed by atoms with van der Waals surface area (Å²) in [6.45, 7) is 5.74. The molecule has 7 nitrogen and oxygen atoms in total. The van der Waals surface area contributed by atoms with Crippen LogP contribution < -0.4 is 19.7 Å². The number of nitrogens with zero attached hydrogens (tertiary/aromatic N) is 1. The van der Waals surface area contributed by atoms with E-state index in [-0.39, 0.29) is 25.1 Å². The highest BCUT2D eigenvalue weighted by Gasteiger charge is 2.43. The number of carbonyl (C=O) groups is 2. The monoisotopic (exact) mass is 630 g/mol. The van der Waals surface area contributed by atoms with Crippen LogP contribution in [0.15, 0.2) is 71.6 Å². The smallest absolute Gasteiger partial charge is 0.454 e. The molecule has 0 fully saturated rings. The van der Waals surface area contributed by atoms with Crippen LogP contribution in [0.3, 0.4) is 0 Å². The van der Waals surface area contributed by atoms with Gasteiger partial charge in [-0.05, 0) is 66.8 Å². The number of hydrogen-bond acceptors (Lipinski definition) is 6. The lowest BCUT2D eigenvalue weighted by Gasteiger charge is -2.25. The third-order valence-corrected chi connectivity index (χ3v) is 8.42. The summed E-state index contributed by atoms with van der Waals surface area (Å²) >= 11 is 1.36. The van der Waals surface area contributed by atoms with Gasteiger partial charge in [-0.2, -0.15) is 13.2 Å². The van der Waals surface area contributed by atoms with Crippen molar-refractivity contribution in [1.82, 2.24) is 5.32 Å². The van der Waals surface area contributed by atoms with Crippen molar-refractivity contribution in [3.05, 3.63) is 83.4 Å². The van der Waals surface area contributed by atoms with E-state index in [0.717, 1.165) is 28.9 Å². The molecule has 0 saturated carbocycles. The second kappa shape index (κ2) is 15.2. The Morgan fingerprint density at radius 1 is 1.02 bits per heavy atom. The van der Waals surface area contributed by atoms with E-state index in [9.17, 15) is 22.8 Å². The first kappa shape index (κ1) is 33.0. The van der Waals surface area contributed by atoms with Crippen LogP contribution >= 0.6 is 11.8 Å². The minimum Gasteiger partial charge on any atom is -0.454 e. The van der Waals surface area contributed by atoms with E-state index in [1.807, 2.05) is 32.0 Å². The van der Waals surface area contributed by atoms with Crippen LogP contribution in [-0.4, -0.2) is 36.8 Å². The molecule has 1 aliphatic heterocycles. The predicted molar refractivity (Wildman–Crippen MR) is 164 cm³/mol. The van der Waals surface area contributed by atoms with Gasteiger partial charge in [0.15, 0.2) is 11.5 Å². The molecule has 1 N–H and O–H groups in total. The highest BCUT2D eigenvalue weighted by Crippen LogP contribution is 2.35. The van der Waals surface area contributed by atoms with E-state index >= 15 is 0 Å². The van der Waals surface area contributed by atoms with Crippen LogP contribution in [0.25, 0.3) is 0 Å². The number of unbranched alkanes of at least 4 members (excludes halogenated alkanes) is 1. The molecule has 3 aromatic carbocycles. The molecule has 4 rings (SSSR count). The number of rotatable bonds is 13. The Balaban J connectivity index is 1.44. The highest BCUT2D eigenvalue weighted by molar-refractivity contribution is 7.99. The molecule has 2 amide bonds. The number of alkyl carbamates (subject to hydrolysis) is 1. The Kier molecular flexibility index (Phi) is 11.4. The molecule has 0 unspecified atom stereocenters.